The average molecular weight is 419 g/mol. The second-order valence-corrected chi connectivity index (χ2v) is 7.79. The summed E-state index contributed by atoms with van der Waals surface area (Å²) in [7, 11) is 0. The van der Waals surface area contributed by atoms with E-state index in [4.69, 9.17) is 0 Å². The third kappa shape index (κ3) is 26.5. The first kappa shape index (κ1) is 27.4. The molecule has 0 aromatic heterocycles. The molecule has 0 aromatic carbocycles. The Bertz CT molecular complexity index is 259. The first-order valence-electron chi connectivity index (χ1n) is 11.1. The summed E-state index contributed by atoms with van der Waals surface area (Å²) in [5.74, 6) is 0. The second kappa shape index (κ2) is 24.2. The van der Waals surface area contributed by atoms with Crippen molar-refractivity contribution in [3.8, 4) is 0 Å². The molecule has 0 aromatic rings. The van der Waals surface area contributed by atoms with Crippen LogP contribution in [-0.4, -0.2) is 13.1 Å². The molecular weight excluding hydrogens is 370 g/mol. The zero-order chi connectivity index (χ0) is 17.7. The van der Waals surface area contributed by atoms with Gasteiger partial charge in [0.25, 0.3) is 0 Å². The van der Waals surface area contributed by atoms with Crippen molar-refractivity contribution in [1.82, 2.24) is 5.32 Å². The molecule has 0 fully saturated rings. The molecule has 152 valence electrons. The number of allylic oxidation sites excluding steroid dienone is 1. The van der Waals surface area contributed by atoms with E-state index < -0.39 is 0 Å². The minimum Gasteiger partial charge on any atom is -0.313 e. The summed E-state index contributed by atoms with van der Waals surface area (Å²) in [5, 5.41) is 3.49. The quantitative estimate of drug-likeness (QED) is 0.164. The van der Waals surface area contributed by atoms with Crippen molar-refractivity contribution < 1.29 is 0 Å². The zero-order valence-electron chi connectivity index (χ0n) is 17.7. The van der Waals surface area contributed by atoms with E-state index in [1.54, 1.807) is 0 Å². The van der Waals surface area contributed by atoms with Gasteiger partial charge in [-0.25, -0.2) is 0 Å². The predicted octanol–water partition coefficient (Wildman–Crippen LogP) is 8.38. The molecule has 0 unspecified atom stereocenters. The number of unbranched alkanes of at least 4 members (excludes halogenated alkanes) is 15. The highest BCUT2D eigenvalue weighted by Crippen LogP contribution is 2.13. The van der Waals surface area contributed by atoms with E-state index in [1.165, 1.54) is 115 Å². The lowest BCUT2D eigenvalue weighted by Crippen LogP contribution is -2.15. The Hall–Kier alpha value is 0.180. The van der Waals surface area contributed by atoms with Crippen LogP contribution in [0.5, 0.6) is 0 Å². The van der Waals surface area contributed by atoms with Crippen LogP contribution >= 0.6 is 17.0 Å². The standard InChI is InChI=1S/C23H47N.BrH/c1-4-5-6-7-8-9-10-11-12-13-14-15-16-17-18-19-21-24-22-20-23(2)3;/h20,24H,4-19,21-22H2,1-3H3;1H. The third-order valence-corrected chi connectivity index (χ3v) is 4.86. The maximum absolute atomic E-state index is 3.49. The molecule has 0 saturated heterocycles. The number of rotatable bonds is 19. The smallest absolute Gasteiger partial charge is 0.0137 e. The molecule has 1 nitrogen and oxygen atoms in total. The van der Waals surface area contributed by atoms with Crippen LogP contribution in [0, 0.1) is 0 Å². The summed E-state index contributed by atoms with van der Waals surface area (Å²) >= 11 is 0. The third-order valence-electron chi connectivity index (χ3n) is 4.86. The maximum atomic E-state index is 3.49. The Morgan fingerprint density at radius 1 is 0.600 bits per heavy atom. The lowest BCUT2D eigenvalue weighted by Gasteiger charge is -2.04. The van der Waals surface area contributed by atoms with E-state index in [2.05, 4.69) is 32.2 Å². The van der Waals surface area contributed by atoms with Crippen LogP contribution in [0.15, 0.2) is 11.6 Å². The Kier molecular flexibility index (Phi) is 26.5. The molecule has 0 aliphatic heterocycles. The van der Waals surface area contributed by atoms with Crippen LogP contribution < -0.4 is 5.32 Å². The summed E-state index contributed by atoms with van der Waals surface area (Å²) in [6, 6.07) is 0. The van der Waals surface area contributed by atoms with E-state index in [9.17, 15) is 0 Å². The number of hydrogen-bond acceptors (Lipinski definition) is 1. The minimum atomic E-state index is 0. The first-order chi connectivity index (χ1) is 11.8. The van der Waals surface area contributed by atoms with Crippen LogP contribution in [0.25, 0.3) is 0 Å². The van der Waals surface area contributed by atoms with Crippen molar-refractivity contribution in [2.24, 2.45) is 0 Å². The van der Waals surface area contributed by atoms with E-state index >= 15 is 0 Å². The molecular formula is C23H48BrN. The monoisotopic (exact) mass is 417 g/mol. The number of nitrogens with one attached hydrogen (secondary N) is 1. The largest absolute Gasteiger partial charge is 0.313 e. The summed E-state index contributed by atoms with van der Waals surface area (Å²) < 4.78 is 0. The van der Waals surface area contributed by atoms with Gasteiger partial charge in [-0.2, -0.15) is 0 Å². The van der Waals surface area contributed by atoms with Gasteiger partial charge in [0.1, 0.15) is 0 Å². The van der Waals surface area contributed by atoms with Crippen molar-refractivity contribution >= 4 is 17.0 Å². The molecule has 0 spiro atoms. The number of hydrogen-bond donors (Lipinski definition) is 1. The SMILES string of the molecule is Br.CCCCCCCCCCCCCCCCCCNCC=C(C)C. The fourth-order valence-corrected chi connectivity index (χ4v) is 3.18. The van der Waals surface area contributed by atoms with Gasteiger partial charge in [0.15, 0.2) is 0 Å². The summed E-state index contributed by atoms with van der Waals surface area (Å²) in [5.41, 5.74) is 1.41. The van der Waals surface area contributed by atoms with Crippen LogP contribution in [0.1, 0.15) is 124 Å². The predicted molar refractivity (Wildman–Crippen MR) is 122 cm³/mol. The Balaban J connectivity index is 0. The van der Waals surface area contributed by atoms with E-state index in [0.29, 0.717) is 0 Å². The van der Waals surface area contributed by atoms with Crippen LogP contribution in [-0.2, 0) is 0 Å². The van der Waals surface area contributed by atoms with Gasteiger partial charge in [-0.05, 0) is 26.8 Å². The highest BCUT2D eigenvalue weighted by Gasteiger charge is 1.94. The van der Waals surface area contributed by atoms with Gasteiger partial charge < -0.3 is 5.32 Å². The average Bonchev–Trinajstić information content (AvgIpc) is 2.56. The summed E-state index contributed by atoms with van der Waals surface area (Å²) in [6.45, 7) is 8.85. The van der Waals surface area contributed by atoms with Crippen molar-refractivity contribution in [3.05, 3.63) is 11.6 Å². The first-order valence-corrected chi connectivity index (χ1v) is 11.1. The normalized spacial score (nSPS) is 10.5. The topological polar surface area (TPSA) is 12.0 Å². The summed E-state index contributed by atoms with van der Waals surface area (Å²) in [4.78, 5) is 0. The van der Waals surface area contributed by atoms with Crippen LogP contribution in [0.4, 0.5) is 0 Å². The lowest BCUT2D eigenvalue weighted by atomic mass is 10.0. The Morgan fingerprint density at radius 3 is 1.32 bits per heavy atom. The maximum Gasteiger partial charge on any atom is 0.0137 e. The Labute approximate surface area is 170 Å². The molecule has 0 aliphatic carbocycles. The molecule has 0 amide bonds. The van der Waals surface area contributed by atoms with Gasteiger partial charge >= 0.3 is 0 Å². The van der Waals surface area contributed by atoms with Gasteiger partial charge in [-0.1, -0.05) is 115 Å². The highest BCUT2D eigenvalue weighted by molar-refractivity contribution is 8.93. The molecule has 2 heteroatoms. The molecule has 0 saturated carbocycles. The molecule has 0 atom stereocenters. The zero-order valence-corrected chi connectivity index (χ0v) is 19.4. The fourth-order valence-electron chi connectivity index (χ4n) is 3.18. The molecule has 0 radical (unpaired) electrons. The van der Waals surface area contributed by atoms with Crippen molar-refractivity contribution in [1.29, 1.82) is 0 Å². The van der Waals surface area contributed by atoms with Gasteiger partial charge in [-0.15, -0.1) is 17.0 Å². The van der Waals surface area contributed by atoms with Crippen molar-refractivity contribution in [2.75, 3.05) is 13.1 Å². The van der Waals surface area contributed by atoms with Gasteiger partial charge in [0, 0.05) is 6.54 Å². The van der Waals surface area contributed by atoms with Gasteiger partial charge in [0.05, 0.1) is 0 Å². The second-order valence-electron chi connectivity index (χ2n) is 7.79. The van der Waals surface area contributed by atoms with Gasteiger partial charge in [-0.3, -0.25) is 0 Å². The van der Waals surface area contributed by atoms with Crippen LogP contribution in [0.2, 0.25) is 0 Å². The van der Waals surface area contributed by atoms with Crippen molar-refractivity contribution in [2.45, 2.75) is 124 Å². The molecule has 0 aliphatic rings. The van der Waals surface area contributed by atoms with E-state index in [1.807, 2.05) is 0 Å². The molecule has 25 heavy (non-hydrogen) atoms. The highest BCUT2D eigenvalue weighted by atomic mass is 79.9. The van der Waals surface area contributed by atoms with E-state index in [-0.39, 0.29) is 17.0 Å². The van der Waals surface area contributed by atoms with Gasteiger partial charge in [0.2, 0.25) is 0 Å². The molecule has 0 rings (SSSR count). The van der Waals surface area contributed by atoms with Crippen molar-refractivity contribution in [3.63, 3.8) is 0 Å². The van der Waals surface area contributed by atoms with Crippen LogP contribution in [0.3, 0.4) is 0 Å². The molecule has 1 N–H and O–H groups in total. The Morgan fingerprint density at radius 2 is 0.960 bits per heavy atom. The molecule has 0 bridgehead atoms. The summed E-state index contributed by atoms with van der Waals surface area (Å²) in [6.07, 6.45) is 25.4. The molecule has 0 heterocycles. The number of halogens is 1. The fraction of sp³-hybridized carbons (Fsp3) is 0.913. The van der Waals surface area contributed by atoms with E-state index in [0.717, 1.165) is 6.54 Å². The minimum absolute atomic E-state index is 0. The lowest BCUT2D eigenvalue weighted by molar-refractivity contribution is 0.527.